The Morgan fingerprint density at radius 2 is 1.95 bits per heavy atom. The number of nitrogens with zero attached hydrogens (tertiary/aromatic N) is 3. The van der Waals surface area contributed by atoms with E-state index >= 15 is 0 Å². The summed E-state index contributed by atoms with van der Waals surface area (Å²) in [5.74, 6) is 1.28. The van der Waals surface area contributed by atoms with E-state index < -0.39 is 0 Å². The lowest BCUT2D eigenvalue weighted by Crippen LogP contribution is -2.47. The summed E-state index contributed by atoms with van der Waals surface area (Å²) in [5.41, 5.74) is 3.92. The Balaban J connectivity index is 1.79. The van der Waals surface area contributed by atoms with Crippen molar-refractivity contribution in [2.75, 3.05) is 38.5 Å². The Labute approximate surface area is 133 Å². The van der Waals surface area contributed by atoms with E-state index in [4.69, 9.17) is 4.99 Å². The molecule has 0 amide bonds. The summed E-state index contributed by atoms with van der Waals surface area (Å²) in [7, 11) is 2.15. The molecule has 2 aliphatic heterocycles. The smallest absolute Gasteiger partial charge is 0.139 e. The monoisotopic (exact) mass is 314 g/mol. The maximum atomic E-state index is 9.72. The molecule has 4 rings (SSSR count). The van der Waals surface area contributed by atoms with E-state index in [0.717, 1.165) is 54.6 Å². The molecule has 22 heavy (non-hydrogen) atoms. The number of nitrogens with one attached hydrogen (secondary N) is 1. The van der Waals surface area contributed by atoms with Gasteiger partial charge in [-0.2, -0.15) is 0 Å². The highest BCUT2D eigenvalue weighted by atomic mass is 32.1. The number of amidine groups is 1. The van der Waals surface area contributed by atoms with Gasteiger partial charge in [-0.05, 0) is 19.2 Å². The van der Waals surface area contributed by atoms with Crippen LogP contribution in [0.25, 0.3) is 0 Å². The zero-order chi connectivity index (χ0) is 15.1. The third-order valence-corrected chi connectivity index (χ3v) is 4.93. The maximum absolute atomic E-state index is 9.72. The van der Waals surface area contributed by atoms with Crippen LogP contribution >= 0.6 is 11.3 Å². The molecule has 0 unspecified atom stereocenters. The predicted molar refractivity (Wildman–Crippen MR) is 91.0 cm³/mol. The number of benzene rings is 1. The lowest BCUT2D eigenvalue weighted by atomic mass is 10.2. The number of fused-ring (bicyclic) bond motifs is 2. The standard InChI is InChI=1S/C16H18N4OS/c1-19-4-6-20(7-5-19)16-12-9-22-10-15(12)17-14-8-11(21)2-3-13(14)18-16/h2-3,8-10,17,21H,4-7H2,1H3. The first kappa shape index (κ1) is 13.6. The van der Waals surface area contributed by atoms with Gasteiger partial charge in [0.1, 0.15) is 11.6 Å². The van der Waals surface area contributed by atoms with Crippen molar-refractivity contribution in [2.24, 2.45) is 4.99 Å². The average Bonchev–Trinajstić information content (AvgIpc) is 2.90. The number of hydrogen-bond acceptors (Lipinski definition) is 6. The summed E-state index contributed by atoms with van der Waals surface area (Å²) in [6.07, 6.45) is 0. The largest absolute Gasteiger partial charge is 0.508 e. The van der Waals surface area contributed by atoms with Gasteiger partial charge in [0.2, 0.25) is 0 Å². The van der Waals surface area contributed by atoms with Crippen LogP contribution in [-0.2, 0) is 0 Å². The number of likely N-dealkylation sites (N-methyl/N-ethyl adjacent to an activating group) is 1. The van der Waals surface area contributed by atoms with Crippen LogP contribution in [0.5, 0.6) is 5.75 Å². The van der Waals surface area contributed by atoms with E-state index in [1.807, 2.05) is 6.07 Å². The number of thiophene rings is 1. The first-order chi connectivity index (χ1) is 10.7. The summed E-state index contributed by atoms with van der Waals surface area (Å²) in [5, 5.41) is 17.4. The first-order valence-electron chi connectivity index (χ1n) is 7.39. The molecular weight excluding hydrogens is 296 g/mol. The minimum atomic E-state index is 0.251. The highest BCUT2D eigenvalue weighted by Crippen LogP contribution is 2.38. The molecule has 2 aromatic rings. The van der Waals surface area contributed by atoms with Crippen LogP contribution in [0.2, 0.25) is 0 Å². The lowest BCUT2D eigenvalue weighted by molar-refractivity contribution is 0.216. The number of phenolic OH excluding ortho intramolecular Hbond substituents is 1. The molecule has 1 fully saturated rings. The molecule has 2 N–H and O–H groups in total. The molecule has 0 saturated carbocycles. The molecule has 2 aliphatic rings. The van der Waals surface area contributed by atoms with Crippen molar-refractivity contribution in [3.05, 3.63) is 34.5 Å². The molecule has 0 bridgehead atoms. The second kappa shape index (κ2) is 5.30. The fourth-order valence-corrected chi connectivity index (χ4v) is 3.63. The highest BCUT2D eigenvalue weighted by Gasteiger charge is 2.24. The van der Waals surface area contributed by atoms with Crippen LogP contribution in [0.15, 0.2) is 34.0 Å². The maximum Gasteiger partial charge on any atom is 0.139 e. The van der Waals surface area contributed by atoms with Gasteiger partial charge in [-0.1, -0.05) is 0 Å². The summed E-state index contributed by atoms with van der Waals surface area (Å²) in [6, 6.07) is 5.28. The van der Waals surface area contributed by atoms with Gasteiger partial charge in [-0.25, -0.2) is 4.99 Å². The Kier molecular flexibility index (Phi) is 3.28. The average molecular weight is 314 g/mol. The summed E-state index contributed by atoms with van der Waals surface area (Å²) < 4.78 is 0. The molecule has 1 aromatic heterocycles. The Morgan fingerprint density at radius 3 is 2.77 bits per heavy atom. The normalized spacial score (nSPS) is 18.0. The molecule has 0 spiro atoms. The number of piperazine rings is 1. The van der Waals surface area contributed by atoms with Gasteiger partial charge in [0.25, 0.3) is 0 Å². The summed E-state index contributed by atoms with van der Waals surface area (Å²) in [6.45, 7) is 4.07. The van der Waals surface area contributed by atoms with E-state index in [1.165, 1.54) is 0 Å². The fraction of sp³-hybridized carbons (Fsp3) is 0.312. The van der Waals surface area contributed by atoms with E-state index in [1.54, 1.807) is 23.5 Å². The van der Waals surface area contributed by atoms with Gasteiger partial charge >= 0.3 is 0 Å². The quantitative estimate of drug-likeness (QED) is 0.785. The minimum absolute atomic E-state index is 0.251. The topological polar surface area (TPSA) is 51.1 Å². The Hall–Kier alpha value is -2.05. The third kappa shape index (κ3) is 2.34. The van der Waals surface area contributed by atoms with Crippen LogP contribution in [-0.4, -0.2) is 54.0 Å². The Bertz CT molecular complexity index is 731. The third-order valence-electron chi connectivity index (χ3n) is 4.18. The molecule has 6 heteroatoms. The number of aromatic hydroxyl groups is 1. The van der Waals surface area contributed by atoms with Crippen molar-refractivity contribution in [3.8, 4) is 5.75 Å². The molecule has 1 aromatic carbocycles. The number of phenols is 1. The van der Waals surface area contributed by atoms with Crippen molar-refractivity contribution in [3.63, 3.8) is 0 Å². The SMILES string of the molecule is CN1CCN(C2=Nc3ccc(O)cc3Nc3cscc32)CC1. The minimum Gasteiger partial charge on any atom is -0.508 e. The second-order valence-electron chi connectivity index (χ2n) is 5.75. The van der Waals surface area contributed by atoms with Crippen LogP contribution in [0.3, 0.4) is 0 Å². The molecule has 5 nitrogen and oxygen atoms in total. The van der Waals surface area contributed by atoms with E-state index in [-0.39, 0.29) is 5.75 Å². The molecule has 0 atom stereocenters. The van der Waals surface area contributed by atoms with Gasteiger partial charge in [0.15, 0.2) is 0 Å². The predicted octanol–water partition coefficient (Wildman–Crippen LogP) is 2.84. The van der Waals surface area contributed by atoms with Crippen LogP contribution in [0.1, 0.15) is 5.56 Å². The first-order valence-corrected chi connectivity index (χ1v) is 8.34. The summed E-state index contributed by atoms with van der Waals surface area (Å²) >= 11 is 1.67. The Morgan fingerprint density at radius 1 is 1.14 bits per heavy atom. The van der Waals surface area contributed by atoms with Crippen molar-refractivity contribution in [2.45, 2.75) is 0 Å². The molecule has 0 radical (unpaired) electrons. The zero-order valence-corrected chi connectivity index (χ0v) is 13.2. The van der Waals surface area contributed by atoms with Crippen LogP contribution < -0.4 is 5.32 Å². The van der Waals surface area contributed by atoms with Gasteiger partial charge in [0.05, 0.1) is 22.6 Å². The van der Waals surface area contributed by atoms with Gasteiger partial charge in [-0.3, -0.25) is 0 Å². The molecule has 114 valence electrons. The lowest BCUT2D eigenvalue weighted by Gasteiger charge is -2.34. The number of anilines is 2. The van der Waals surface area contributed by atoms with Crippen molar-refractivity contribution < 1.29 is 5.11 Å². The van der Waals surface area contributed by atoms with Crippen LogP contribution in [0.4, 0.5) is 17.1 Å². The van der Waals surface area contributed by atoms with Gasteiger partial charge < -0.3 is 20.2 Å². The molecule has 1 saturated heterocycles. The number of aliphatic imine (C=N–C) groups is 1. The highest BCUT2D eigenvalue weighted by molar-refractivity contribution is 7.08. The molecular formula is C16H18N4OS. The number of rotatable bonds is 0. The van der Waals surface area contributed by atoms with Crippen LogP contribution in [0, 0.1) is 0 Å². The number of hydrogen-bond donors (Lipinski definition) is 2. The molecule has 0 aliphatic carbocycles. The van der Waals surface area contributed by atoms with Crippen molar-refractivity contribution >= 4 is 34.2 Å². The van der Waals surface area contributed by atoms with Gasteiger partial charge in [0, 0.05) is 43.0 Å². The van der Waals surface area contributed by atoms with E-state index in [2.05, 4.69) is 32.9 Å². The van der Waals surface area contributed by atoms with E-state index in [9.17, 15) is 5.11 Å². The van der Waals surface area contributed by atoms with Crippen molar-refractivity contribution in [1.82, 2.24) is 9.80 Å². The fourth-order valence-electron chi connectivity index (χ4n) is 2.87. The zero-order valence-electron chi connectivity index (χ0n) is 12.4. The molecule has 3 heterocycles. The van der Waals surface area contributed by atoms with E-state index in [0.29, 0.717) is 0 Å². The van der Waals surface area contributed by atoms with Gasteiger partial charge in [-0.15, -0.1) is 11.3 Å². The summed E-state index contributed by atoms with van der Waals surface area (Å²) in [4.78, 5) is 9.60. The second-order valence-corrected chi connectivity index (χ2v) is 6.49. The van der Waals surface area contributed by atoms with Crippen molar-refractivity contribution in [1.29, 1.82) is 0 Å².